The summed E-state index contributed by atoms with van der Waals surface area (Å²) < 4.78 is 28.6. The monoisotopic (exact) mass is 339 g/mol. The Bertz CT molecular complexity index is 696. The first-order valence-electron chi connectivity index (χ1n) is 7.42. The quantitative estimate of drug-likeness (QED) is 0.720. The van der Waals surface area contributed by atoms with Crippen molar-refractivity contribution in [2.24, 2.45) is 0 Å². The van der Waals surface area contributed by atoms with E-state index in [2.05, 4.69) is 10.6 Å². The zero-order chi connectivity index (χ0) is 17.4. The van der Waals surface area contributed by atoms with Gasteiger partial charge in [0.25, 0.3) is 0 Å². The first-order valence-corrected chi connectivity index (χ1v) is 7.42. The summed E-state index contributed by atoms with van der Waals surface area (Å²) in [6.45, 7) is 0.459. The maximum atomic E-state index is 14.3. The third kappa shape index (κ3) is 3.01. The molecule has 7 nitrogen and oxygen atoms in total. The number of benzene rings is 1. The van der Waals surface area contributed by atoms with Gasteiger partial charge in [0.05, 0.1) is 12.0 Å². The Labute approximate surface area is 135 Å². The number of halogens is 2. The number of nitrogens with one attached hydrogen (secondary N) is 2. The molecule has 24 heavy (non-hydrogen) atoms. The van der Waals surface area contributed by atoms with Crippen LogP contribution in [0.25, 0.3) is 0 Å². The molecule has 2 aliphatic rings. The van der Waals surface area contributed by atoms with Gasteiger partial charge >= 0.3 is 6.09 Å². The van der Waals surface area contributed by atoms with Gasteiger partial charge < -0.3 is 15.3 Å². The van der Waals surface area contributed by atoms with Gasteiger partial charge in [-0.2, -0.15) is 0 Å². The molecule has 0 spiro atoms. The minimum atomic E-state index is -1.04. The fraction of sp³-hybridized carbons (Fsp3) is 0.400. The molecule has 1 aromatic rings. The Kier molecular flexibility index (Phi) is 4.08. The van der Waals surface area contributed by atoms with Crippen molar-refractivity contribution in [2.45, 2.75) is 24.8 Å². The van der Waals surface area contributed by atoms with E-state index in [0.717, 1.165) is 12.1 Å². The van der Waals surface area contributed by atoms with Crippen LogP contribution < -0.4 is 10.6 Å². The summed E-state index contributed by atoms with van der Waals surface area (Å²) in [7, 11) is 0. The molecule has 9 heteroatoms. The number of piperidine rings is 1. The summed E-state index contributed by atoms with van der Waals surface area (Å²) in [6.07, 6.45) is -0.956. The minimum Gasteiger partial charge on any atom is -0.465 e. The second-order valence-corrected chi connectivity index (χ2v) is 5.89. The Morgan fingerprint density at radius 3 is 2.42 bits per heavy atom. The molecule has 1 unspecified atom stereocenters. The standard InChI is InChI=1S/C15H15F2N3O4/c16-10-3-7(18-8-5-20(6-8)15(23)24)4-11(17)13(10)9-1-2-12(21)19-14(9)22/h3-4,8-9,18H,1-2,5-6H2,(H,23,24)(H,19,21,22). The second-order valence-electron chi connectivity index (χ2n) is 5.89. The SMILES string of the molecule is O=C1CCC(c2c(F)cc(NC3CN(C(=O)O)C3)cc2F)C(=O)N1. The molecule has 2 saturated heterocycles. The highest BCUT2D eigenvalue weighted by Crippen LogP contribution is 2.31. The summed E-state index contributed by atoms with van der Waals surface area (Å²) in [4.78, 5) is 34.8. The van der Waals surface area contributed by atoms with Crippen LogP contribution in [0.3, 0.4) is 0 Å². The number of carboxylic acid groups (broad SMARTS) is 1. The van der Waals surface area contributed by atoms with Crippen LogP contribution in [-0.2, 0) is 9.59 Å². The van der Waals surface area contributed by atoms with E-state index in [4.69, 9.17) is 5.11 Å². The maximum absolute atomic E-state index is 14.3. The van der Waals surface area contributed by atoms with Crippen molar-refractivity contribution in [3.05, 3.63) is 29.3 Å². The third-order valence-corrected chi connectivity index (χ3v) is 4.19. The number of anilines is 1. The highest BCUT2D eigenvalue weighted by molar-refractivity contribution is 6.01. The van der Waals surface area contributed by atoms with Gasteiger partial charge in [0.1, 0.15) is 11.6 Å². The molecule has 0 aromatic heterocycles. The average molecular weight is 339 g/mol. The van der Waals surface area contributed by atoms with Crippen molar-refractivity contribution in [1.82, 2.24) is 10.2 Å². The molecule has 1 aromatic carbocycles. The first kappa shape index (κ1) is 16.2. The molecule has 3 N–H and O–H groups in total. The molecule has 2 aliphatic heterocycles. The molecule has 2 fully saturated rings. The molecule has 2 heterocycles. The largest absolute Gasteiger partial charge is 0.465 e. The lowest BCUT2D eigenvalue weighted by Gasteiger charge is -2.38. The molecular formula is C15H15F2N3O4. The Morgan fingerprint density at radius 2 is 1.88 bits per heavy atom. The lowest BCUT2D eigenvalue weighted by Crippen LogP contribution is -2.56. The van der Waals surface area contributed by atoms with Crippen LogP contribution in [0.1, 0.15) is 24.3 Å². The van der Waals surface area contributed by atoms with Crippen molar-refractivity contribution in [2.75, 3.05) is 18.4 Å². The first-order chi connectivity index (χ1) is 11.3. The smallest absolute Gasteiger partial charge is 0.407 e. The average Bonchev–Trinajstić information content (AvgIpc) is 2.43. The zero-order valence-corrected chi connectivity index (χ0v) is 12.5. The van der Waals surface area contributed by atoms with Crippen LogP contribution in [0.2, 0.25) is 0 Å². The third-order valence-electron chi connectivity index (χ3n) is 4.19. The van der Waals surface area contributed by atoms with E-state index >= 15 is 0 Å². The molecule has 3 rings (SSSR count). The fourth-order valence-corrected chi connectivity index (χ4v) is 2.93. The van der Waals surface area contributed by atoms with E-state index in [1.807, 2.05) is 0 Å². The number of nitrogens with zero attached hydrogens (tertiary/aromatic N) is 1. The Balaban J connectivity index is 1.73. The highest BCUT2D eigenvalue weighted by atomic mass is 19.1. The number of hydrogen-bond donors (Lipinski definition) is 3. The number of carbonyl (C=O) groups excluding carboxylic acids is 2. The van der Waals surface area contributed by atoms with Crippen LogP contribution in [0, 0.1) is 11.6 Å². The highest BCUT2D eigenvalue weighted by Gasteiger charge is 2.34. The molecular weight excluding hydrogens is 324 g/mol. The van der Waals surface area contributed by atoms with Crippen molar-refractivity contribution >= 4 is 23.6 Å². The summed E-state index contributed by atoms with van der Waals surface area (Å²) >= 11 is 0. The van der Waals surface area contributed by atoms with Crippen molar-refractivity contribution in [1.29, 1.82) is 0 Å². The molecule has 128 valence electrons. The van der Waals surface area contributed by atoms with E-state index in [1.54, 1.807) is 0 Å². The molecule has 0 aliphatic carbocycles. The second kappa shape index (κ2) is 6.06. The van der Waals surface area contributed by atoms with Gasteiger partial charge in [0.15, 0.2) is 0 Å². The molecule has 1 atom stereocenters. The van der Waals surface area contributed by atoms with Crippen LogP contribution in [0.15, 0.2) is 12.1 Å². The van der Waals surface area contributed by atoms with Crippen molar-refractivity contribution < 1.29 is 28.3 Å². The van der Waals surface area contributed by atoms with Gasteiger partial charge in [-0.1, -0.05) is 0 Å². The predicted octanol–water partition coefficient (Wildman–Crippen LogP) is 1.26. The van der Waals surface area contributed by atoms with E-state index in [-0.39, 0.29) is 43.2 Å². The number of rotatable bonds is 3. The Hall–Kier alpha value is -2.71. The van der Waals surface area contributed by atoms with Crippen molar-refractivity contribution in [3.63, 3.8) is 0 Å². The lowest BCUT2D eigenvalue weighted by atomic mass is 9.89. The lowest BCUT2D eigenvalue weighted by molar-refractivity contribution is -0.134. The molecule has 3 amide bonds. The van der Waals surface area contributed by atoms with Gasteiger partial charge in [-0.15, -0.1) is 0 Å². The topological polar surface area (TPSA) is 98.7 Å². The van der Waals surface area contributed by atoms with Crippen LogP contribution in [-0.4, -0.2) is 47.0 Å². The number of imide groups is 1. The van der Waals surface area contributed by atoms with Gasteiger partial charge in [-0.05, 0) is 18.6 Å². The molecule has 0 saturated carbocycles. The van der Waals surface area contributed by atoms with E-state index in [9.17, 15) is 23.2 Å². The summed E-state index contributed by atoms with van der Waals surface area (Å²) in [5.41, 5.74) is -0.178. The predicted molar refractivity (Wildman–Crippen MR) is 78.5 cm³/mol. The van der Waals surface area contributed by atoms with Gasteiger partial charge in [-0.25, -0.2) is 13.6 Å². The number of hydrogen-bond acceptors (Lipinski definition) is 4. The molecule has 0 radical (unpaired) electrons. The van der Waals surface area contributed by atoms with Gasteiger partial charge in [0, 0.05) is 30.8 Å². The number of likely N-dealkylation sites (tertiary alicyclic amines) is 1. The van der Waals surface area contributed by atoms with Crippen molar-refractivity contribution in [3.8, 4) is 0 Å². The van der Waals surface area contributed by atoms with E-state index < -0.39 is 35.5 Å². The van der Waals surface area contributed by atoms with Gasteiger partial charge in [0.2, 0.25) is 11.8 Å². The van der Waals surface area contributed by atoms with Crippen LogP contribution in [0.4, 0.5) is 19.3 Å². The van der Waals surface area contributed by atoms with Gasteiger partial charge in [-0.3, -0.25) is 14.9 Å². The van der Waals surface area contributed by atoms with E-state index in [1.165, 1.54) is 4.90 Å². The fourth-order valence-electron chi connectivity index (χ4n) is 2.93. The summed E-state index contributed by atoms with van der Waals surface area (Å²) in [5.74, 6) is -3.95. The summed E-state index contributed by atoms with van der Waals surface area (Å²) in [5, 5.41) is 13.7. The maximum Gasteiger partial charge on any atom is 0.407 e. The van der Waals surface area contributed by atoms with Crippen LogP contribution >= 0.6 is 0 Å². The summed E-state index contributed by atoms with van der Waals surface area (Å²) in [6, 6.07) is 1.93. The Morgan fingerprint density at radius 1 is 1.25 bits per heavy atom. The number of amides is 3. The molecule has 0 bridgehead atoms. The van der Waals surface area contributed by atoms with Crippen LogP contribution in [0.5, 0.6) is 0 Å². The zero-order valence-electron chi connectivity index (χ0n) is 12.5. The normalized spacial score (nSPS) is 21.2. The number of carbonyl (C=O) groups is 3. The van der Waals surface area contributed by atoms with E-state index in [0.29, 0.717) is 0 Å². The minimum absolute atomic E-state index is 0.0301.